The highest BCUT2D eigenvalue weighted by Gasteiger charge is 2.37. The molecule has 12 heavy (non-hydrogen) atoms. The maximum Gasteiger partial charge on any atom is -0.0102 e. The lowest BCUT2D eigenvalue weighted by molar-refractivity contribution is 0.201. The van der Waals surface area contributed by atoms with Gasteiger partial charge in [0.05, 0.1) is 0 Å². The quantitative estimate of drug-likeness (QED) is 0.508. The lowest BCUT2D eigenvalue weighted by atomic mass is 9.62. The van der Waals surface area contributed by atoms with Crippen LogP contribution in [-0.2, 0) is 0 Å². The summed E-state index contributed by atoms with van der Waals surface area (Å²) in [5.41, 5.74) is 3.15. The van der Waals surface area contributed by atoms with Crippen molar-refractivity contribution in [2.75, 3.05) is 0 Å². The van der Waals surface area contributed by atoms with Gasteiger partial charge in [-0.1, -0.05) is 46.4 Å². The first kappa shape index (κ1) is 9.57. The minimum Gasteiger partial charge on any atom is -0.0955 e. The SMILES string of the molecule is C=C1CC(C)(C)CC(C)(C)C1=C. The van der Waals surface area contributed by atoms with Crippen molar-refractivity contribution in [1.29, 1.82) is 0 Å². The second-order valence-corrected chi connectivity index (χ2v) is 5.48. The molecular weight excluding hydrogens is 144 g/mol. The molecule has 0 aromatic heterocycles. The molecule has 1 aliphatic carbocycles. The summed E-state index contributed by atoms with van der Waals surface area (Å²) in [5, 5.41) is 0. The lowest BCUT2D eigenvalue weighted by Gasteiger charge is -2.43. The molecule has 0 aromatic rings. The molecule has 0 nitrogen and oxygen atoms in total. The van der Waals surface area contributed by atoms with E-state index >= 15 is 0 Å². The highest BCUT2D eigenvalue weighted by molar-refractivity contribution is 5.34. The van der Waals surface area contributed by atoms with Gasteiger partial charge in [-0.25, -0.2) is 0 Å². The first-order chi connectivity index (χ1) is 5.25. The fourth-order valence-electron chi connectivity index (χ4n) is 2.53. The molecule has 68 valence electrons. The topological polar surface area (TPSA) is 0 Å². The minimum absolute atomic E-state index is 0.249. The van der Waals surface area contributed by atoms with E-state index in [-0.39, 0.29) is 5.41 Å². The third-order valence-electron chi connectivity index (χ3n) is 2.86. The Morgan fingerprint density at radius 3 is 2.00 bits per heavy atom. The largest absolute Gasteiger partial charge is 0.0955 e. The van der Waals surface area contributed by atoms with Crippen molar-refractivity contribution in [1.82, 2.24) is 0 Å². The Morgan fingerprint density at radius 1 is 1.08 bits per heavy atom. The Hall–Kier alpha value is -0.520. The second kappa shape index (κ2) is 2.48. The Kier molecular flexibility index (Phi) is 1.98. The molecule has 0 heteroatoms. The van der Waals surface area contributed by atoms with Gasteiger partial charge >= 0.3 is 0 Å². The van der Waals surface area contributed by atoms with E-state index in [2.05, 4.69) is 40.9 Å². The number of allylic oxidation sites excluding steroid dienone is 2. The second-order valence-electron chi connectivity index (χ2n) is 5.48. The van der Waals surface area contributed by atoms with E-state index in [0.717, 1.165) is 6.42 Å². The van der Waals surface area contributed by atoms with E-state index in [1.165, 1.54) is 17.6 Å². The highest BCUT2D eigenvalue weighted by atomic mass is 14.4. The normalized spacial score (nSPS) is 27.3. The monoisotopic (exact) mass is 164 g/mol. The smallest absolute Gasteiger partial charge is 0.0102 e. The van der Waals surface area contributed by atoms with E-state index in [1.54, 1.807) is 0 Å². The molecule has 0 heterocycles. The summed E-state index contributed by atoms with van der Waals surface area (Å²) in [6.45, 7) is 17.4. The van der Waals surface area contributed by atoms with Crippen molar-refractivity contribution in [3.63, 3.8) is 0 Å². The Morgan fingerprint density at radius 2 is 1.58 bits per heavy atom. The first-order valence-electron chi connectivity index (χ1n) is 4.62. The lowest BCUT2D eigenvalue weighted by Crippen LogP contribution is -2.31. The predicted octanol–water partition coefficient (Wildman–Crippen LogP) is 3.95. The standard InChI is InChI=1S/C12H20/c1-9-7-11(3,4)8-12(5,6)10(9)2/h1-2,7-8H2,3-6H3. The summed E-state index contributed by atoms with van der Waals surface area (Å²) < 4.78 is 0. The molecule has 0 aliphatic heterocycles. The molecule has 0 radical (unpaired) electrons. The first-order valence-corrected chi connectivity index (χ1v) is 4.62. The van der Waals surface area contributed by atoms with Gasteiger partial charge in [-0.15, -0.1) is 0 Å². The zero-order chi connectivity index (χ0) is 9.57. The fourth-order valence-corrected chi connectivity index (χ4v) is 2.53. The third-order valence-corrected chi connectivity index (χ3v) is 2.86. The van der Waals surface area contributed by atoms with Gasteiger partial charge in [-0.3, -0.25) is 0 Å². The van der Waals surface area contributed by atoms with E-state index in [9.17, 15) is 0 Å². The van der Waals surface area contributed by atoms with Crippen molar-refractivity contribution < 1.29 is 0 Å². The maximum absolute atomic E-state index is 4.11. The van der Waals surface area contributed by atoms with Crippen LogP contribution in [-0.4, -0.2) is 0 Å². The van der Waals surface area contributed by atoms with Crippen molar-refractivity contribution >= 4 is 0 Å². The van der Waals surface area contributed by atoms with Gasteiger partial charge in [0.1, 0.15) is 0 Å². The number of hydrogen-bond donors (Lipinski definition) is 0. The summed E-state index contributed by atoms with van der Waals surface area (Å²) in [4.78, 5) is 0. The van der Waals surface area contributed by atoms with Crippen molar-refractivity contribution in [3.8, 4) is 0 Å². The Labute approximate surface area is 76.4 Å². The zero-order valence-electron chi connectivity index (χ0n) is 8.83. The third kappa shape index (κ3) is 1.63. The van der Waals surface area contributed by atoms with Gasteiger partial charge in [0.15, 0.2) is 0 Å². The Bertz CT molecular complexity index is 228. The summed E-state index contributed by atoms with van der Waals surface area (Å²) in [6, 6.07) is 0. The van der Waals surface area contributed by atoms with E-state index < -0.39 is 0 Å². The van der Waals surface area contributed by atoms with E-state index in [0.29, 0.717) is 5.41 Å². The van der Waals surface area contributed by atoms with Crippen LogP contribution < -0.4 is 0 Å². The molecular formula is C12H20. The van der Waals surface area contributed by atoms with Gasteiger partial charge in [-0.2, -0.15) is 0 Å². The minimum atomic E-state index is 0.249. The zero-order valence-corrected chi connectivity index (χ0v) is 8.83. The average molecular weight is 164 g/mol. The van der Waals surface area contributed by atoms with Crippen molar-refractivity contribution in [3.05, 3.63) is 24.3 Å². The van der Waals surface area contributed by atoms with Gasteiger partial charge in [-0.05, 0) is 29.2 Å². The molecule has 0 amide bonds. The van der Waals surface area contributed by atoms with E-state index in [1.807, 2.05) is 0 Å². The fraction of sp³-hybridized carbons (Fsp3) is 0.667. The van der Waals surface area contributed by atoms with Gasteiger partial charge in [0.2, 0.25) is 0 Å². The molecule has 0 unspecified atom stereocenters. The molecule has 1 fully saturated rings. The van der Waals surface area contributed by atoms with Crippen LogP contribution in [0.5, 0.6) is 0 Å². The number of hydrogen-bond acceptors (Lipinski definition) is 0. The van der Waals surface area contributed by atoms with Crippen LogP contribution in [0, 0.1) is 10.8 Å². The summed E-state index contributed by atoms with van der Waals surface area (Å²) >= 11 is 0. The summed E-state index contributed by atoms with van der Waals surface area (Å²) in [5.74, 6) is 0. The molecule has 0 bridgehead atoms. The van der Waals surface area contributed by atoms with Crippen LogP contribution in [0.2, 0.25) is 0 Å². The average Bonchev–Trinajstić information content (AvgIpc) is 1.79. The summed E-state index contributed by atoms with van der Waals surface area (Å²) in [7, 11) is 0. The van der Waals surface area contributed by atoms with Crippen LogP contribution in [0.1, 0.15) is 40.5 Å². The molecule has 0 saturated heterocycles. The summed E-state index contributed by atoms with van der Waals surface area (Å²) in [6.07, 6.45) is 2.33. The van der Waals surface area contributed by atoms with Crippen LogP contribution in [0.3, 0.4) is 0 Å². The molecule has 1 aliphatic rings. The van der Waals surface area contributed by atoms with Crippen molar-refractivity contribution in [2.45, 2.75) is 40.5 Å². The molecule has 0 aromatic carbocycles. The van der Waals surface area contributed by atoms with Gasteiger partial charge in [0, 0.05) is 0 Å². The maximum atomic E-state index is 4.11. The van der Waals surface area contributed by atoms with E-state index in [4.69, 9.17) is 0 Å². The Balaban J connectivity index is 2.95. The van der Waals surface area contributed by atoms with Gasteiger partial charge in [0.25, 0.3) is 0 Å². The van der Waals surface area contributed by atoms with Crippen LogP contribution in [0.15, 0.2) is 24.3 Å². The molecule has 1 saturated carbocycles. The van der Waals surface area contributed by atoms with Crippen LogP contribution >= 0.6 is 0 Å². The molecule has 0 N–H and O–H groups in total. The van der Waals surface area contributed by atoms with Crippen LogP contribution in [0.25, 0.3) is 0 Å². The van der Waals surface area contributed by atoms with Gasteiger partial charge < -0.3 is 0 Å². The van der Waals surface area contributed by atoms with Crippen LogP contribution in [0.4, 0.5) is 0 Å². The number of rotatable bonds is 0. The highest BCUT2D eigenvalue weighted by Crippen LogP contribution is 2.49. The predicted molar refractivity (Wildman–Crippen MR) is 55.1 cm³/mol. The van der Waals surface area contributed by atoms with Crippen molar-refractivity contribution in [2.24, 2.45) is 10.8 Å². The molecule has 1 rings (SSSR count). The molecule has 0 spiro atoms. The molecule has 0 atom stereocenters.